The van der Waals surface area contributed by atoms with Crippen molar-refractivity contribution in [2.45, 2.75) is 38.4 Å². The molecular formula is C12H18O2. The summed E-state index contributed by atoms with van der Waals surface area (Å²) >= 11 is 0. The Morgan fingerprint density at radius 3 is 2.29 bits per heavy atom. The lowest BCUT2D eigenvalue weighted by Crippen LogP contribution is -2.17. The standard InChI is InChI=1S/C12H18O2/c1-2-3-9-11(12(13)14)10-7-5-4-6-8-10/h4-8,11-14H,2-3,9H2,1H3. The maximum atomic E-state index is 9.25. The van der Waals surface area contributed by atoms with Crippen LogP contribution in [0.1, 0.15) is 37.7 Å². The van der Waals surface area contributed by atoms with Gasteiger partial charge in [0.25, 0.3) is 0 Å². The van der Waals surface area contributed by atoms with Crippen LogP contribution in [0.5, 0.6) is 0 Å². The Balaban J connectivity index is 2.68. The molecule has 1 aromatic rings. The van der Waals surface area contributed by atoms with Crippen molar-refractivity contribution in [3.05, 3.63) is 35.9 Å². The van der Waals surface area contributed by atoms with Crippen molar-refractivity contribution in [3.63, 3.8) is 0 Å². The summed E-state index contributed by atoms with van der Waals surface area (Å²) in [5, 5.41) is 18.5. The van der Waals surface area contributed by atoms with Crippen LogP contribution in [0.25, 0.3) is 0 Å². The number of hydrogen-bond acceptors (Lipinski definition) is 2. The lowest BCUT2D eigenvalue weighted by molar-refractivity contribution is -0.0623. The van der Waals surface area contributed by atoms with Gasteiger partial charge in [-0.15, -0.1) is 0 Å². The van der Waals surface area contributed by atoms with E-state index in [9.17, 15) is 10.2 Å². The lowest BCUT2D eigenvalue weighted by Gasteiger charge is -2.18. The molecule has 2 N–H and O–H groups in total. The molecule has 1 unspecified atom stereocenters. The summed E-state index contributed by atoms with van der Waals surface area (Å²) in [6.07, 6.45) is 1.69. The van der Waals surface area contributed by atoms with Gasteiger partial charge in [-0.05, 0) is 12.0 Å². The van der Waals surface area contributed by atoms with E-state index in [1.807, 2.05) is 30.3 Å². The summed E-state index contributed by atoms with van der Waals surface area (Å²) in [7, 11) is 0. The second kappa shape index (κ2) is 5.78. The Kier molecular flexibility index (Phi) is 4.63. The Labute approximate surface area is 85.2 Å². The molecule has 0 saturated heterocycles. The maximum Gasteiger partial charge on any atom is 0.158 e. The van der Waals surface area contributed by atoms with Gasteiger partial charge in [-0.3, -0.25) is 0 Å². The van der Waals surface area contributed by atoms with Gasteiger partial charge in [0.05, 0.1) is 0 Å². The van der Waals surface area contributed by atoms with E-state index in [-0.39, 0.29) is 5.92 Å². The van der Waals surface area contributed by atoms with Gasteiger partial charge < -0.3 is 10.2 Å². The Bertz CT molecular complexity index is 244. The number of aliphatic hydroxyl groups is 2. The second-order valence-electron chi connectivity index (χ2n) is 3.57. The molecular weight excluding hydrogens is 176 g/mol. The SMILES string of the molecule is CCCCC(c1ccccc1)C(O)O. The van der Waals surface area contributed by atoms with E-state index < -0.39 is 6.29 Å². The molecule has 0 bridgehead atoms. The van der Waals surface area contributed by atoms with E-state index in [4.69, 9.17) is 0 Å². The monoisotopic (exact) mass is 194 g/mol. The summed E-state index contributed by atoms with van der Waals surface area (Å²) in [6, 6.07) is 9.68. The first-order valence-electron chi connectivity index (χ1n) is 5.16. The fourth-order valence-electron chi connectivity index (χ4n) is 1.61. The topological polar surface area (TPSA) is 40.5 Å². The first-order chi connectivity index (χ1) is 6.75. The third-order valence-corrected chi connectivity index (χ3v) is 2.46. The molecule has 0 saturated carbocycles. The highest BCUT2D eigenvalue weighted by molar-refractivity contribution is 5.19. The second-order valence-corrected chi connectivity index (χ2v) is 3.57. The highest BCUT2D eigenvalue weighted by Gasteiger charge is 2.17. The van der Waals surface area contributed by atoms with Crippen molar-refractivity contribution in [1.82, 2.24) is 0 Å². The number of rotatable bonds is 5. The molecule has 14 heavy (non-hydrogen) atoms. The van der Waals surface area contributed by atoms with E-state index in [0.717, 1.165) is 24.8 Å². The first kappa shape index (κ1) is 11.2. The molecule has 0 fully saturated rings. The van der Waals surface area contributed by atoms with Crippen molar-refractivity contribution in [2.75, 3.05) is 0 Å². The third-order valence-electron chi connectivity index (χ3n) is 2.46. The van der Waals surface area contributed by atoms with Gasteiger partial charge in [0.1, 0.15) is 0 Å². The maximum absolute atomic E-state index is 9.25. The lowest BCUT2D eigenvalue weighted by atomic mass is 9.93. The van der Waals surface area contributed by atoms with E-state index >= 15 is 0 Å². The minimum absolute atomic E-state index is 0.142. The highest BCUT2D eigenvalue weighted by atomic mass is 16.5. The van der Waals surface area contributed by atoms with Crippen molar-refractivity contribution < 1.29 is 10.2 Å². The summed E-state index contributed by atoms with van der Waals surface area (Å²) in [4.78, 5) is 0. The highest BCUT2D eigenvalue weighted by Crippen LogP contribution is 2.24. The summed E-state index contributed by atoms with van der Waals surface area (Å²) < 4.78 is 0. The molecule has 0 aliphatic rings. The predicted octanol–water partition coefficient (Wildman–Crippen LogP) is 2.27. The number of benzene rings is 1. The minimum atomic E-state index is -1.25. The Hall–Kier alpha value is -0.860. The van der Waals surface area contributed by atoms with Crippen molar-refractivity contribution >= 4 is 0 Å². The van der Waals surface area contributed by atoms with E-state index in [1.54, 1.807) is 0 Å². The normalized spacial score (nSPS) is 13.1. The summed E-state index contributed by atoms with van der Waals surface area (Å²) in [5.74, 6) is -0.142. The molecule has 0 heterocycles. The number of unbranched alkanes of at least 4 members (excludes halogenated alkanes) is 1. The van der Waals surface area contributed by atoms with Crippen molar-refractivity contribution in [2.24, 2.45) is 0 Å². The third kappa shape index (κ3) is 3.13. The van der Waals surface area contributed by atoms with E-state index in [0.29, 0.717) is 0 Å². The van der Waals surface area contributed by atoms with Crippen LogP contribution in [-0.2, 0) is 0 Å². The zero-order valence-electron chi connectivity index (χ0n) is 8.56. The molecule has 1 rings (SSSR count). The first-order valence-corrected chi connectivity index (χ1v) is 5.16. The predicted molar refractivity (Wildman–Crippen MR) is 56.9 cm³/mol. The fraction of sp³-hybridized carbons (Fsp3) is 0.500. The molecule has 78 valence electrons. The van der Waals surface area contributed by atoms with Crippen LogP contribution in [0.2, 0.25) is 0 Å². The van der Waals surface area contributed by atoms with Gasteiger partial charge in [-0.1, -0.05) is 50.1 Å². The largest absolute Gasteiger partial charge is 0.368 e. The molecule has 0 aliphatic carbocycles. The molecule has 0 amide bonds. The van der Waals surface area contributed by atoms with Crippen molar-refractivity contribution in [3.8, 4) is 0 Å². The molecule has 0 aromatic heterocycles. The average Bonchev–Trinajstić information content (AvgIpc) is 2.19. The van der Waals surface area contributed by atoms with E-state index in [1.165, 1.54) is 0 Å². The zero-order chi connectivity index (χ0) is 10.4. The van der Waals surface area contributed by atoms with Crippen LogP contribution in [0.15, 0.2) is 30.3 Å². The molecule has 2 heteroatoms. The van der Waals surface area contributed by atoms with Crippen molar-refractivity contribution in [1.29, 1.82) is 0 Å². The smallest absolute Gasteiger partial charge is 0.158 e. The van der Waals surface area contributed by atoms with Crippen LogP contribution < -0.4 is 0 Å². The number of hydrogen-bond donors (Lipinski definition) is 2. The molecule has 2 nitrogen and oxygen atoms in total. The Morgan fingerprint density at radius 1 is 1.14 bits per heavy atom. The average molecular weight is 194 g/mol. The van der Waals surface area contributed by atoms with Crippen LogP contribution >= 0.6 is 0 Å². The van der Waals surface area contributed by atoms with Crippen LogP contribution in [0, 0.1) is 0 Å². The fourth-order valence-corrected chi connectivity index (χ4v) is 1.61. The summed E-state index contributed by atoms with van der Waals surface area (Å²) in [6.45, 7) is 2.10. The van der Waals surface area contributed by atoms with Gasteiger partial charge in [-0.2, -0.15) is 0 Å². The van der Waals surface area contributed by atoms with E-state index in [2.05, 4.69) is 6.92 Å². The Morgan fingerprint density at radius 2 is 1.79 bits per heavy atom. The van der Waals surface area contributed by atoms with Gasteiger partial charge in [-0.25, -0.2) is 0 Å². The van der Waals surface area contributed by atoms with Crippen LogP contribution in [-0.4, -0.2) is 16.5 Å². The zero-order valence-corrected chi connectivity index (χ0v) is 8.56. The van der Waals surface area contributed by atoms with Gasteiger partial charge in [0, 0.05) is 5.92 Å². The van der Waals surface area contributed by atoms with Gasteiger partial charge in [0.15, 0.2) is 6.29 Å². The van der Waals surface area contributed by atoms with Gasteiger partial charge >= 0.3 is 0 Å². The molecule has 1 atom stereocenters. The molecule has 0 radical (unpaired) electrons. The van der Waals surface area contributed by atoms with Gasteiger partial charge in [0.2, 0.25) is 0 Å². The number of aliphatic hydroxyl groups excluding tert-OH is 1. The quantitative estimate of drug-likeness (QED) is 0.706. The molecule has 0 aliphatic heterocycles. The molecule has 0 spiro atoms. The summed E-state index contributed by atoms with van der Waals surface area (Å²) in [5.41, 5.74) is 1.01. The minimum Gasteiger partial charge on any atom is -0.368 e. The molecule has 1 aromatic carbocycles. The van der Waals surface area contributed by atoms with Crippen LogP contribution in [0.4, 0.5) is 0 Å². The van der Waals surface area contributed by atoms with Crippen LogP contribution in [0.3, 0.4) is 0 Å².